The summed E-state index contributed by atoms with van der Waals surface area (Å²) in [5, 5.41) is 8.11. The third kappa shape index (κ3) is 4.60. The molecule has 0 fully saturated rings. The van der Waals surface area contributed by atoms with Crippen LogP contribution >= 0.6 is 11.3 Å². The molecular formula is C22H22N4O3S. The lowest BCUT2D eigenvalue weighted by molar-refractivity contribution is -0.131. The van der Waals surface area contributed by atoms with Gasteiger partial charge in [0.1, 0.15) is 11.4 Å². The number of aromatic nitrogens is 1. The van der Waals surface area contributed by atoms with Crippen LogP contribution in [0.3, 0.4) is 0 Å². The first-order valence-corrected chi connectivity index (χ1v) is 10.5. The minimum Gasteiger partial charge on any atom is -0.497 e. The Hall–Kier alpha value is -3.39. The first-order chi connectivity index (χ1) is 14.6. The lowest BCUT2D eigenvalue weighted by atomic mass is 10.00. The van der Waals surface area contributed by atoms with Crippen LogP contribution in [0.15, 0.2) is 53.9 Å². The summed E-state index contributed by atoms with van der Waals surface area (Å²) in [7, 11) is 1.61. The summed E-state index contributed by atoms with van der Waals surface area (Å²) < 4.78 is 5.14. The molecule has 0 unspecified atom stereocenters. The van der Waals surface area contributed by atoms with Crippen LogP contribution in [0.5, 0.6) is 5.75 Å². The summed E-state index contributed by atoms with van der Waals surface area (Å²) >= 11 is 1.33. The Labute approximate surface area is 178 Å². The molecule has 0 spiro atoms. The number of hydrogen-bond acceptors (Lipinski definition) is 6. The maximum absolute atomic E-state index is 12.5. The number of carbonyl (C=O) groups is 2. The molecule has 2 amide bonds. The van der Waals surface area contributed by atoms with Crippen molar-refractivity contribution < 1.29 is 14.3 Å². The highest BCUT2D eigenvalue weighted by molar-refractivity contribution is 7.14. The first kappa shape index (κ1) is 19.9. The average molecular weight is 423 g/mol. The number of benzene rings is 2. The van der Waals surface area contributed by atoms with Crippen LogP contribution in [0.2, 0.25) is 0 Å². The standard InChI is InChI=1S/C22H22N4O3S/c1-29-18-8-6-17(7-9-18)24-22-25-19(14-30-22)21(28)23-12-20(27)26-11-10-15-4-2-3-5-16(15)13-26/h2-9,14H,10-13H2,1H3,(H,23,28)(H,24,25). The van der Waals surface area contributed by atoms with Crippen molar-refractivity contribution in [3.8, 4) is 5.75 Å². The summed E-state index contributed by atoms with van der Waals surface area (Å²) in [5.41, 5.74) is 3.58. The number of nitrogens with one attached hydrogen (secondary N) is 2. The van der Waals surface area contributed by atoms with Crippen molar-refractivity contribution in [3.05, 3.63) is 70.7 Å². The van der Waals surface area contributed by atoms with E-state index in [9.17, 15) is 9.59 Å². The number of amides is 2. The minimum atomic E-state index is -0.361. The zero-order chi connectivity index (χ0) is 20.9. The summed E-state index contributed by atoms with van der Waals surface area (Å²) in [5.74, 6) is 0.311. The lowest BCUT2D eigenvalue weighted by Gasteiger charge is -2.28. The first-order valence-electron chi connectivity index (χ1n) is 9.62. The molecule has 30 heavy (non-hydrogen) atoms. The second-order valence-corrected chi connectivity index (χ2v) is 7.77. The molecule has 1 aromatic heterocycles. The van der Waals surface area contributed by atoms with Gasteiger partial charge < -0.3 is 20.3 Å². The van der Waals surface area contributed by atoms with Crippen LogP contribution in [0.4, 0.5) is 10.8 Å². The van der Waals surface area contributed by atoms with Crippen LogP contribution in [0, 0.1) is 0 Å². The van der Waals surface area contributed by atoms with E-state index in [1.54, 1.807) is 17.4 Å². The minimum absolute atomic E-state index is 0.0419. The van der Waals surface area contributed by atoms with Crippen molar-refractivity contribution in [2.45, 2.75) is 13.0 Å². The summed E-state index contributed by atoms with van der Waals surface area (Å²) in [6.45, 7) is 1.20. The van der Waals surface area contributed by atoms with Gasteiger partial charge in [0.2, 0.25) is 5.91 Å². The maximum Gasteiger partial charge on any atom is 0.271 e. The number of anilines is 2. The lowest BCUT2D eigenvalue weighted by Crippen LogP contribution is -2.42. The number of nitrogens with zero attached hydrogens (tertiary/aromatic N) is 2. The van der Waals surface area contributed by atoms with Gasteiger partial charge in [0.25, 0.3) is 5.91 Å². The van der Waals surface area contributed by atoms with E-state index < -0.39 is 0 Å². The number of thiazole rings is 1. The number of hydrogen-bond donors (Lipinski definition) is 2. The zero-order valence-corrected chi connectivity index (χ0v) is 17.4. The van der Waals surface area contributed by atoms with Crippen LogP contribution in [-0.2, 0) is 17.8 Å². The molecule has 0 bridgehead atoms. The molecule has 0 atom stereocenters. The van der Waals surface area contributed by atoms with E-state index in [1.165, 1.54) is 16.9 Å². The van der Waals surface area contributed by atoms with Gasteiger partial charge in [-0.2, -0.15) is 0 Å². The summed E-state index contributed by atoms with van der Waals surface area (Å²) in [6.07, 6.45) is 0.836. The van der Waals surface area contributed by atoms with Gasteiger partial charge in [0.15, 0.2) is 5.13 Å². The summed E-state index contributed by atoms with van der Waals surface area (Å²) in [4.78, 5) is 31.0. The quantitative estimate of drug-likeness (QED) is 0.637. The molecule has 4 rings (SSSR count). The molecule has 0 saturated carbocycles. The Balaban J connectivity index is 1.29. The largest absolute Gasteiger partial charge is 0.497 e. The highest BCUT2D eigenvalue weighted by Crippen LogP contribution is 2.23. The third-order valence-corrected chi connectivity index (χ3v) is 5.72. The average Bonchev–Trinajstić information content (AvgIpc) is 3.26. The highest BCUT2D eigenvalue weighted by Gasteiger charge is 2.21. The Morgan fingerprint density at radius 2 is 1.90 bits per heavy atom. The normalized spacial score (nSPS) is 12.8. The monoisotopic (exact) mass is 422 g/mol. The number of methoxy groups -OCH3 is 1. The van der Waals surface area contributed by atoms with Crippen molar-refractivity contribution in [2.75, 3.05) is 25.5 Å². The smallest absolute Gasteiger partial charge is 0.271 e. The Morgan fingerprint density at radius 3 is 2.67 bits per heavy atom. The molecule has 3 aromatic rings. The molecule has 7 nitrogen and oxygen atoms in total. The Kier molecular flexibility index (Phi) is 5.94. The van der Waals surface area contributed by atoms with Crippen molar-refractivity contribution >= 4 is 34.0 Å². The van der Waals surface area contributed by atoms with Crippen molar-refractivity contribution in [3.63, 3.8) is 0 Å². The predicted octanol–water partition coefficient (Wildman–Crippen LogP) is 3.21. The highest BCUT2D eigenvalue weighted by atomic mass is 32.1. The van der Waals surface area contributed by atoms with Gasteiger partial charge in [-0.15, -0.1) is 11.3 Å². The van der Waals surface area contributed by atoms with Gasteiger partial charge in [0, 0.05) is 24.2 Å². The topological polar surface area (TPSA) is 83.6 Å². The number of ether oxygens (including phenoxy) is 1. The van der Waals surface area contributed by atoms with E-state index in [0.29, 0.717) is 18.2 Å². The van der Waals surface area contributed by atoms with E-state index in [0.717, 1.165) is 23.4 Å². The van der Waals surface area contributed by atoms with Crippen molar-refractivity contribution in [1.82, 2.24) is 15.2 Å². The maximum atomic E-state index is 12.5. The van der Waals surface area contributed by atoms with Gasteiger partial charge in [0.05, 0.1) is 13.7 Å². The van der Waals surface area contributed by atoms with Crippen molar-refractivity contribution in [1.29, 1.82) is 0 Å². The van der Waals surface area contributed by atoms with E-state index in [-0.39, 0.29) is 24.1 Å². The molecule has 0 saturated heterocycles. The van der Waals surface area contributed by atoms with Crippen LogP contribution in [0.1, 0.15) is 21.6 Å². The van der Waals surface area contributed by atoms with Gasteiger partial charge in [-0.05, 0) is 41.8 Å². The fourth-order valence-corrected chi connectivity index (χ4v) is 4.01. The molecule has 0 aliphatic carbocycles. The Bertz CT molecular complexity index is 1050. The van der Waals surface area contributed by atoms with Crippen LogP contribution in [-0.4, -0.2) is 41.9 Å². The van der Waals surface area contributed by atoms with Gasteiger partial charge >= 0.3 is 0 Å². The summed E-state index contributed by atoms with van der Waals surface area (Å²) in [6, 6.07) is 15.6. The third-order valence-electron chi connectivity index (χ3n) is 4.96. The van der Waals surface area contributed by atoms with Gasteiger partial charge in [-0.25, -0.2) is 4.98 Å². The van der Waals surface area contributed by atoms with E-state index in [1.807, 2.05) is 42.5 Å². The fraction of sp³-hybridized carbons (Fsp3) is 0.227. The fourth-order valence-electron chi connectivity index (χ4n) is 3.30. The molecule has 2 N–H and O–H groups in total. The molecule has 1 aliphatic rings. The zero-order valence-electron chi connectivity index (χ0n) is 16.6. The van der Waals surface area contributed by atoms with Crippen molar-refractivity contribution in [2.24, 2.45) is 0 Å². The molecule has 2 aromatic carbocycles. The molecule has 154 valence electrons. The molecule has 2 heterocycles. The second-order valence-electron chi connectivity index (χ2n) is 6.91. The predicted molar refractivity (Wildman–Crippen MR) is 116 cm³/mol. The van der Waals surface area contributed by atoms with Gasteiger partial charge in [-0.3, -0.25) is 9.59 Å². The number of fused-ring (bicyclic) bond motifs is 1. The molecule has 1 aliphatic heterocycles. The second kappa shape index (κ2) is 8.96. The Morgan fingerprint density at radius 1 is 1.13 bits per heavy atom. The van der Waals surface area contributed by atoms with E-state index in [2.05, 4.69) is 21.7 Å². The van der Waals surface area contributed by atoms with E-state index in [4.69, 9.17) is 4.74 Å². The van der Waals surface area contributed by atoms with Crippen LogP contribution in [0.25, 0.3) is 0 Å². The van der Waals surface area contributed by atoms with E-state index >= 15 is 0 Å². The molecular weight excluding hydrogens is 400 g/mol. The molecule has 8 heteroatoms. The number of carbonyl (C=O) groups excluding carboxylic acids is 2. The SMILES string of the molecule is COc1ccc(Nc2nc(C(=O)NCC(=O)N3CCc4ccccc4C3)cs2)cc1. The molecule has 0 radical (unpaired) electrons. The van der Waals surface area contributed by atoms with Gasteiger partial charge in [-0.1, -0.05) is 24.3 Å². The number of rotatable bonds is 6. The van der Waals surface area contributed by atoms with Crippen LogP contribution < -0.4 is 15.4 Å².